The molecule has 1 fully saturated rings. The van der Waals surface area contributed by atoms with Gasteiger partial charge in [-0.3, -0.25) is 19.2 Å². The van der Waals surface area contributed by atoms with Gasteiger partial charge in [0.15, 0.2) is 0 Å². The molecule has 0 saturated carbocycles. The van der Waals surface area contributed by atoms with Crippen molar-refractivity contribution in [2.24, 2.45) is 11.7 Å². The van der Waals surface area contributed by atoms with Gasteiger partial charge in [0.05, 0.1) is 0 Å². The molecule has 202 valence electrons. The molecule has 10 nitrogen and oxygen atoms in total. The molecular weight excluding hydrogens is 488 g/mol. The summed E-state index contributed by atoms with van der Waals surface area (Å²) in [4.78, 5) is 64.5. The first kappa shape index (κ1) is 28.4. The Morgan fingerprint density at radius 2 is 1.61 bits per heavy atom. The minimum atomic E-state index is -1.11. The van der Waals surface area contributed by atoms with Crippen LogP contribution in [0.5, 0.6) is 0 Å². The first-order chi connectivity index (χ1) is 18.2. The van der Waals surface area contributed by atoms with Gasteiger partial charge < -0.3 is 21.1 Å². The Morgan fingerprint density at radius 1 is 1.00 bits per heavy atom. The largest absolute Gasteiger partial charge is 0.444 e. The maximum atomic E-state index is 13.2. The lowest BCUT2D eigenvalue weighted by Crippen LogP contribution is -2.58. The van der Waals surface area contributed by atoms with E-state index in [-0.39, 0.29) is 31.8 Å². The van der Waals surface area contributed by atoms with Crippen LogP contribution in [-0.4, -0.2) is 52.7 Å². The molecule has 0 radical (unpaired) electrons. The minimum absolute atomic E-state index is 0.000453. The Morgan fingerprint density at radius 3 is 2.18 bits per heavy atom. The van der Waals surface area contributed by atoms with Crippen molar-refractivity contribution < 1.29 is 28.7 Å². The second kappa shape index (κ2) is 13.4. The molecule has 0 aliphatic carbocycles. The smallest absolute Gasteiger partial charge is 0.417 e. The maximum Gasteiger partial charge on any atom is 0.417 e. The van der Waals surface area contributed by atoms with Crippen molar-refractivity contribution in [1.82, 2.24) is 15.5 Å². The van der Waals surface area contributed by atoms with Gasteiger partial charge in [0, 0.05) is 12.8 Å². The lowest BCUT2D eigenvalue weighted by molar-refractivity contribution is -0.136. The average molecular weight is 523 g/mol. The Balaban J connectivity index is 1.68. The second-order valence-electron chi connectivity index (χ2n) is 9.38. The molecule has 3 rings (SSSR count). The van der Waals surface area contributed by atoms with Gasteiger partial charge in [0.25, 0.3) is 0 Å². The number of carbonyl (C=O) groups is 5. The molecule has 4 N–H and O–H groups in total. The number of rotatable bonds is 11. The third kappa shape index (κ3) is 7.41. The van der Waals surface area contributed by atoms with Gasteiger partial charge in [-0.2, -0.15) is 0 Å². The molecule has 0 bridgehead atoms. The van der Waals surface area contributed by atoms with Gasteiger partial charge in [-0.1, -0.05) is 80.9 Å². The first-order valence-corrected chi connectivity index (χ1v) is 12.7. The number of benzene rings is 2. The third-order valence-electron chi connectivity index (χ3n) is 6.65. The highest BCUT2D eigenvalue weighted by atomic mass is 16.6. The SMILES string of the molecule is CC[C@H](C)[C@@H](NC(=O)[C@@H]1CCC(=O)N1C(=O)OCc1ccccc1)C(=O)N[C@@H](Cc1ccccc1)C(N)=O. The number of primary amides is 1. The maximum absolute atomic E-state index is 13.2. The second-order valence-corrected chi connectivity index (χ2v) is 9.38. The fourth-order valence-corrected chi connectivity index (χ4v) is 4.24. The number of imide groups is 1. The van der Waals surface area contributed by atoms with E-state index in [0.717, 1.165) is 16.0 Å². The summed E-state index contributed by atoms with van der Waals surface area (Å²) in [7, 11) is 0. The molecule has 1 heterocycles. The zero-order chi connectivity index (χ0) is 27.7. The van der Waals surface area contributed by atoms with Crippen LogP contribution in [0.15, 0.2) is 60.7 Å². The number of ether oxygens (including phenoxy) is 1. The zero-order valence-corrected chi connectivity index (χ0v) is 21.6. The number of hydrogen-bond acceptors (Lipinski definition) is 6. The lowest BCUT2D eigenvalue weighted by atomic mass is 9.96. The van der Waals surface area contributed by atoms with E-state index < -0.39 is 47.8 Å². The minimum Gasteiger partial charge on any atom is -0.444 e. The van der Waals surface area contributed by atoms with Crippen molar-refractivity contribution in [2.45, 2.75) is 64.3 Å². The van der Waals surface area contributed by atoms with E-state index in [1.54, 1.807) is 31.2 Å². The number of amides is 5. The van der Waals surface area contributed by atoms with E-state index in [1.807, 2.05) is 43.3 Å². The van der Waals surface area contributed by atoms with E-state index in [1.165, 1.54) is 0 Å². The number of nitrogens with two attached hydrogens (primary N) is 1. The van der Waals surface area contributed by atoms with Crippen molar-refractivity contribution >= 4 is 29.7 Å². The van der Waals surface area contributed by atoms with Crippen LogP contribution in [0.4, 0.5) is 4.79 Å². The van der Waals surface area contributed by atoms with Crippen LogP contribution in [-0.2, 0) is 36.9 Å². The van der Waals surface area contributed by atoms with Crippen molar-refractivity contribution in [2.75, 3.05) is 0 Å². The molecule has 38 heavy (non-hydrogen) atoms. The molecule has 2 aromatic rings. The number of hydrogen-bond donors (Lipinski definition) is 3. The Kier molecular flexibility index (Phi) is 9.98. The summed E-state index contributed by atoms with van der Waals surface area (Å²) in [5.74, 6) is -2.75. The average Bonchev–Trinajstić information content (AvgIpc) is 3.31. The predicted molar refractivity (Wildman–Crippen MR) is 139 cm³/mol. The summed E-state index contributed by atoms with van der Waals surface area (Å²) in [6, 6.07) is 15.0. The Bertz CT molecular complexity index is 1140. The summed E-state index contributed by atoms with van der Waals surface area (Å²) < 4.78 is 5.27. The van der Waals surface area contributed by atoms with Crippen LogP contribution >= 0.6 is 0 Å². The quantitative estimate of drug-likeness (QED) is 0.411. The number of carbonyl (C=O) groups excluding carboxylic acids is 5. The molecule has 1 saturated heterocycles. The third-order valence-corrected chi connectivity index (χ3v) is 6.65. The van der Waals surface area contributed by atoms with Crippen molar-refractivity contribution in [3.05, 3.63) is 71.8 Å². The van der Waals surface area contributed by atoms with Gasteiger partial charge in [-0.15, -0.1) is 0 Å². The van der Waals surface area contributed by atoms with Crippen molar-refractivity contribution in [3.63, 3.8) is 0 Å². The number of likely N-dealkylation sites (tertiary alicyclic amines) is 1. The van der Waals surface area contributed by atoms with Crippen LogP contribution in [0, 0.1) is 5.92 Å². The van der Waals surface area contributed by atoms with Gasteiger partial charge in [-0.25, -0.2) is 9.69 Å². The van der Waals surface area contributed by atoms with Gasteiger partial charge in [0.1, 0.15) is 24.7 Å². The molecule has 0 spiro atoms. The van der Waals surface area contributed by atoms with Crippen LogP contribution in [0.3, 0.4) is 0 Å². The number of nitrogens with zero attached hydrogens (tertiary/aromatic N) is 1. The highest BCUT2D eigenvalue weighted by Crippen LogP contribution is 2.22. The predicted octanol–water partition coefficient (Wildman–Crippen LogP) is 2.06. The van der Waals surface area contributed by atoms with E-state index in [9.17, 15) is 24.0 Å². The van der Waals surface area contributed by atoms with E-state index in [0.29, 0.717) is 6.42 Å². The van der Waals surface area contributed by atoms with E-state index in [4.69, 9.17) is 10.5 Å². The summed E-state index contributed by atoms with van der Waals surface area (Å²) in [5.41, 5.74) is 7.10. The van der Waals surface area contributed by atoms with Crippen LogP contribution in [0.1, 0.15) is 44.2 Å². The lowest BCUT2D eigenvalue weighted by Gasteiger charge is -2.28. The molecule has 1 aliphatic rings. The Hall–Kier alpha value is -4.21. The standard InChI is InChI=1S/C28H34N4O6/c1-3-18(2)24(27(36)30-21(25(29)34)16-19-10-6-4-7-11-19)31-26(35)22-14-15-23(33)32(22)28(37)38-17-20-12-8-5-9-13-20/h4-13,18,21-22,24H,3,14-17H2,1-2H3,(H2,29,34)(H,30,36)(H,31,35)/t18-,21-,22-,24+/m0/s1. The van der Waals surface area contributed by atoms with Crippen molar-refractivity contribution in [3.8, 4) is 0 Å². The van der Waals surface area contributed by atoms with Crippen LogP contribution < -0.4 is 16.4 Å². The summed E-state index contributed by atoms with van der Waals surface area (Å²) >= 11 is 0. The molecule has 4 atom stereocenters. The zero-order valence-electron chi connectivity index (χ0n) is 21.6. The van der Waals surface area contributed by atoms with E-state index >= 15 is 0 Å². The van der Waals surface area contributed by atoms with Crippen LogP contribution in [0.25, 0.3) is 0 Å². The van der Waals surface area contributed by atoms with Crippen LogP contribution in [0.2, 0.25) is 0 Å². The fraction of sp³-hybridized carbons (Fsp3) is 0.393. The monoisotopic (exact) mass is 522 g/mol. The summed E-state index contributed by atoms with van der Waals surface area (Å²) in [6.07, 6.45) is -0.0682. The molecule has 0 unspecified atom stereocenters. The molecule has 1 aliphatic heterocycles. The highest BCUT2D eigenvalue weighted by molar-refractivity contribution is 6.01. The molecule has 5 amide bonds. The van der Waals surface area contributed by atoms with Gasteiger partial charge in [0.2, 0.25) is 23.6 Å². The van der Waals surface area contributed by atoms with Gasteiger partial charge in [-0.05, 0) is 23.5 Å². The number of nitrogens with one attached hydrogen (secondary N) is 2. The Labute approximate surface area is 221 Å². The highest BCUT2D eigenvalue weighted by Gasteiger charge is 2.43. The van der Waals surface area contributed by atoms with Crippen molar-refractivity contribution in [1.29, 1.82) is 0 Å². The topological polar surface area (TPSA) is 148 Å². The molecular formula is C28H34N4O6. The molecule has 2 aromatic carbocycles. The fourth-order valence-electron chi connectivity index (χ4n) is 4.24. The van der Waals surface area contributed by atoms with E-state index in [2.05, 4.69) is 10.6 Å². The summed E-state index contributed by atoms with van der Waals surface area (Å²) in [5, 5.41) is 5.35. The molecule has 10 heteroatoms. The molecule has 0 aromatic heterocycles. The van der Waals surface area contributed by atoms with Gasteiger partial charge >= 0.3 is 6.09 Å². The summed E-state index contributed by atoms with van der Waals surface area (Å²) in [6.45, 7) is 3.59. The first-order valence-electron chi connectivity index (χ1n) is 12.7. The normalized spacial score (nSPS) is 17.3.